The van der Waals surface area contributed by atoms with Crippen molar-refractivity contribution in [3.8, 4) is 0 Å². The van der Waals surface area contributed by atoms with Gasteiger partial charge in [0.05, 0.1) is 5.56 Å². The van der Waals surface area contributed by atoms with Crippen LogP contribution in [0.2, 0.25) is 0 Å². The predicted octanol–water partition coefficient (Wildman–Crippen LogP) is 4.88. The summed E-state index contributed by atoms with van der Waals surface area (Å²) in [7, 11) is 0. The van der Waals surface area contributed by atoms with Gasteiger partial charge in [-0.05, 0) is 67.6 Å². The number of amides is 2. The molecular formula is C22H22F4N2O2. The largest absolute Gasteiger partial charge is 0.352 e. The van der Waals surface area contributed by atoms with Crippen molar-refractivity contribution in [2.45, 2.75) is 32.6 Å². The van der Waals surface area contributed by atoms with Gasteiger partial charge in [-0.15, -0.1) is 0 Å². The molecule has 1 aliphatic rings. The SMILES string of the molecule is Cc1cc(NC(=O)c2ccc(F)c(C(F)(F)C(=O)N3CCC(C)CC3)c2)ccc1F. The molecule has 2 aromatic rings. The number of nitrogens with zero attached hydrogens (tertiary/aromatic N) is 1. The van der Waals surface area contributed by atoms with E-state index in [-0.39, 0.29) is 24.3 Å². The number of anilines is 1. The van der Waals surface area contributed by atoms with Crippen LogP contribution < -0.4 is 5.32 Å². The molecule has 2 amide bonds. The maximum absolute atomic E-state index is 14.9. The highest BCUT2D eigenvalue weighted by atomic mass is 19.3. The zero-order valence-electron chi connectivity index (χ0n) is 16.6. The van der Waals surface area contributed by atoms with E-state index in [4.69, 9.17) is 0 Å². The van der Waals surface area contributed by atoms with Gasteiger partial charge in [-0.3, -0.25) is 9.59 Å². The summed E-state index contributed by atoms with van der Waals surface area (Å²) in [4.78, 5) is 25.9. The van der Waals surface area contributed by atoms with Crippen LogP contribution in [-0.4, -0.2) is 29.8 Å². The molecule has 2 aromatic carbocycles. The van der Waals surface area contributed by atoms with Crippen LogP contribution in [0.15, 0.2) is 36.4 Å². The lowest BCUT2D eigenvalue weighted by Crippen LogP contribution is -2.46. The first-order valence-corrected chi connectivity index (χ1v) is 9.64. The van der Waals surface area contributed by atoms with Crippen LogP contribution in [0, 0.1) is 24.5 Å². The van der Waals surface area contributed by atoms with Crippen molar-refractivity contribution < 1.29 is 27.2 Å². The van der Waals surface area contributed by atoms with Crippen molar-refractivity contribution in [1.82, 2.24) is 4.90 Å². The summed E-state index contributed by atoms with van der Waals surface area (Å²) in [6.45, 7) is 3.85. The van der Waals surface area contributed by atoms with Gasteiger partial charge in [0.25, 0.3) is 11.8 Å². The molecule has 0 aliphatic carbocycles. The Kier molecular flexibility index (Phi) is 6.14. The van der Waals surface area contributed by atoms with Gasteiger partial charge in [0.15, 0.2) is 0 Å². The number of aryl methyl sites for hydroxylation is 1. The second kappa shape index (κ2) is 8.45. The molecule has 30 heavy (non-hydrogen) atoms. The molecule has 4 nitrogen and oxygen atoms in total. The van der Waals surface area contributed by atoms with Crippen molar-refractivity contribution >= 4 is 17.5 Å². The Morgan fingerprint density at radius 1 is 1.03 bits per heavy atom. The molecule has 1 aliphatic heterocycles. The summed E-state index contributed by atoms with van der Waals surface area (Å²) < 4.78 is 57.3. The Morgan fingerprint density at radius 3 is 2.30 bits per heavy atom. The van der Waals surface area contributed by atoms with E-state index in [1.807, 2.05) is 6.92 Å². The first-order chi connectivity index (χ1) is 14.1. The van der Waals surface area contributed by atoms with Gasteiger partial charge < -0.3 is 10.2 Å². The summed E-state index contributed by atoms with van der Waals surface area (Å²) >= 11 is 0. The van der Waals surface area contributed by atoms with Gasteiger partial charge in [0, 0.05) is 24.3 Å². The van der Waals surface area contributed by atoms with Gasteiger partial charge in [0.2, 0.25) is 0 Å². The van der Waals surface area contributed by atoms with Crippen molar-refractivity contribution in [3.05, 3.63) is 64.7 Å². The Balaban J connectivity index is 1.83. The van der Waals surface area contributed by atoms with Crippen LogP contribution in [0.25, 0.3) is 0 Å². The fraction of sp³-hybridized carbons (Fsp3) is 0.364. The number of hydrogen-bond acceptors (Lipinski definition) is 2. The molecule has 160 valence electrons. The lowest BCUT2D eigenvalue weighted by atomic mass is 9.97. The first kappa shape index (κ1) is 21.8. The molecule has 0 radical (unpaired) electrons. The van der Waals surface area contributed by atoms with Gasteiger partial charge in [0.1, 0.15) is 11.6 Å². The average molecular weight is 422 g/mol. The van der Waals surface area contributed by atoms with E-state index in [2.05, 4.69) is 5.32 Å². The highest BCUT2D eigenvalue weighted by molar-refractivity contribution is 6.04. The molecule has 1 fully saturated rings. The van der Waals surface area contributed by atoms with Crippen LogP contribution in [0.5, 0.6) is 0 Å². The minimum absolute atomic E-state index is 0.182. The minimum Gasteiger partial charge on any atom is -0.337 e. The summed E-state index contributed by atoms with van der Waals surface area (Å²) in [5, 5.41) is 2.45. The second-order valence-electron chi connectivity index (χ2n) is 7.66. The molecule has 0 aromatic heterocycles. The highest BCUT2D eigenvalue weighted by Crippen LogP contribution is 2.34. The standard InChI is InChI=1S/C22H22F4N2O2/c1-13-7-9-28(10-8-13)21(30)22(25,26)17-12-15(3-5-19(17)24)20(29)27-16-4-6-18(23)14(2)11-16/h3-6,11-13H,7-10H2,1-2H3,(H,27,29). The summed E-state index contributed by atoms with van der Waals surface area (Å²) in [6, 6.07) is 6.33. The molecule has 1 saturated heterocycles. The zero-order valence-corrected chi connectivity index (χ0v) is 16.6. The Bertz CT molecular complexity index is 970. The van der Waals surface area contributed by atoms with Crippen LogP contribution in [0.3, 0.4) is 0 Å². The third-order valence-corrected chi connectivity index (χ3v) is 5.32. The lowest BCUT2D eigenvalue weighted by molar-refractivity contribution is -0.160. The maximum atomic E-state index is 14.9. The van der Waals surface area contributed by atoms with Gasteiger partial charge in [-0.25, -0.2) is 8.78 Å². The number of halogens is 4. The van der Waals surface area contributed by atoms with Crippen molar-refractivity contribution in [1.29, 1.82) is 0 Å². The second-order valence-corrected chi connectivity index (χ2v) is 7.66. The van der Waals surface area contributed by atoms with E-state index >= 15 is 0 Å². The van der Waals surface area contributed by atoms with Crippen molar-refractivity contribution in [3.63, 3.8) is 0 Å². The van der Waals surface area contributed by atoms with E-state index in [0.717, 1.165) is 23.1 Å². The number of hydrogen-bond donors (Lipinski definition) is 1. The quantitative estimate of drug-likeness (QED) is 0.715. The smallest absolute Gasteiger partial charge is 0.337 e. The molecular weight excluding hydrogens is 400 g/mol. The lowest BCUT2D eigenvalue weighted by Gasteiger charge is -2.33. The minimum atomic E-state index is -4.10. The van der Waals surface area contributed by atoms with E-state index < -0.39 is 34.9 Å². The van der Waals surface area contributed by atoms with Crippen LogP contribution >= 0.6 is 0 Å². The topological polar surface area (TPSA) is 49.4 Å². The average Bonchev–Trinajstić information content (AvgIpc) is 2.71. The molecule has 8 heteroatoms. The number of likely N-dealkylation sites (tertiary alicyclic amines) is 1. The van der Waals surface area contributed by atoms with E-state index in [1.165, 1.54) is 19.1 Å². The van der Waals surface area contributed by atoms with Gasteiger partial charge in [-0.1, -0.05) is 6.92 Å². The fourth-order valence-electron chi connectivity index (χ4n) is 3.36. The Hall–Kier alpha value is -2.90. The molecule has 0 atom stereocenters. The Labute approximate surface area is 171 Å². The first-order valence-electron chi connectivity index (χ1n) is 9.64. The van der Waals surface area contributed by atoms with Crippen LogP contribution in [0.4, 0.5) is 23.2 Å². The molecule has 0 bridgehead atoms. The number of nitrogens with one attached hydrogen (secondary N) is 1. The number of rotatable bonds is 4. The third kappa shape index (κ3) is 4.47. The highest BCUT2D eigenvalue weighted by Gasteiger charge is 2.46. The normalized spacial score (nSPS) is 15.2. The van der Waals surface area contributed by atoms with E-state index in [0.29, 0.717) is 30.4 Å². The Morgan fingerprint density at radius 2 is 1.67 bits per heavy atom. The monoisotopic (exact) mass is 422 g/mol. The van der Waals surface area contributed by atoms with Crippen LogP contribution in [-0.2, 0) is 10.7 Å². The fourth-order valence-corrected chi connectivity index (χ4v) is 3.36. The number of carbonyl (C=O) groups is 2. The summed E-state index contributed by atoms with van der Waals surface area (Å²) in [5.41, 5.74) is -0.835. The molecule has 1 heterocycles. The summed E-state index contributed by atoms with van der Waals surface area (Å²) in [5.74, 6) is -7.75. The van der Waals surface area contributed by atoms with E-state index in [9.17, 15) is 27.2 Å². The molecule has 0 spiro atoms. The van der Waals surface area contributed by atoms with Crippen LogP contribution in [0.1, 0.15) is 41.3 Å². The third-order valence-electron chi connectivity index (χ3n) is 5.32. The number of benzene rings is 2. The van der Waals surface area contributed by atoms with E-state index in [1.54, 1.807) is 0 Å². The van der Waals surface area contributed by atoms with Gasteiger partial charge >= 0.3 is 5.92 Å². The van der Waals surface area contributed by atoms with Gasteiger partial charge in [-0.2, -0.15) is 8.78 Å². The maximum Gasteiger partial charge on any atom is 0.352 e. The molecule has 0 saturated carbocycles. The predicted molar refractivity (Wildman–Crippen MR) is 104 cm³/mol. The zero-order chi connectivity index (χ0) is 22.1. The van der Waals surface area contributed by atoms with Crippen molar-refractivity contribution in [2.75, 3.05) is 18.4 Å². The number of piperidine rings is 1. The number of alkyl halides is 2. The van der Waals surface area contributed by atoms with Crippen molar-refractivity contribution in [2.24, 2.45) is 5.92 Å². The molecule has 3 rings (SSSR count). The molecule has 1 N–H and O–H groups in total. The molecule has 0 unspecified atom stereocenters. The summed E-state index contributed by atoms with van der Waals surface area (Å²) in [6.07, 6.45) is 1.20. The number of carbonyl (C=O) groups excluding carboxylic acids is 2.